The Bertz CT molecular complexity index is 1850. The highest BCUT2D eigenvalue weighted by Crippen LogP contribution is 2.57. The average Bonchev–Trinajstić information content (AvgIpc) is 4.00. The molecule has 2 aliphatic heterocycles. The van der Waals surface area contributed by atoms with Crippen molar-refractivity contribution < 1.29 is 41.8 Å². The SMILES string of the molecule is C=C[C@@H]1C[C@]1(CC(=O)[C@@H]1C[C@@H]2CN1C(=O)[C@H](C1CCCC1)CC(=O)OCCCCCc1cc3c(nccc3cc1OC)O2)C(=O)CS(=O)(=O)C1CC1. The van der Waals surface area contributed by atoms with Gasteiger partial charge in [-0.1, -0.05) is 18.9 Å². The minimum absolute atomic E-state index is 0.0105. The molecule has 0 radical (unpaired) electrons. The highest BCUT2D eigenvalue weighted by atomic mass is 32.2. The highest BCUT2D eigenvalue weighted by Gasteiger charge is 2.61. The van der Waals surface area contributed by atoms with E-state index < -0.39 is 56.1 Å². The first-order valence-corrected chi connectivity index (χ1v) is 20.7. The number of cyclic esters (lactones) is 1. The van der Waals surface area contributed by atoms with Crippen LogP contribution in [0.3, 0.4) is 0 Å². The van der Waals surface area contributed by atoms with Crippen LogP contribution in [-0.4, -0.2) is 85.2 Å². The van der Waals surface area contributed by atoms with Gasteiger partial charge in [0.25, 0.3) is 0 Å². The molecule has 4 fully saturated rings. The largest absolute Gasteiger partial charge is 0.496 e. The number of pyridine rings is 1. The number of esters is 1. The summed E-state index contributed by atoms with van der Waals surface area (Å²) in [5.41, 5.74) is -0.149. The van der Waals surface area contributed by atoms with Gasteiger partial charge in [-0.25, -0.2) is 13.4 Å². The number of carbonyl (C=O) groups excluding carboxylic acids is 4. The third kappa shape index (κ3) is 7.50. The molecule has 3 saturated carbocycles. The molecule has 3 heterocycles. The second-order valence-corrected chi connectivity index (χ2v) is 17.9. The van der Waals surface area contributed by atoms with Crippen molar-refractivity contribution in [2.75, 3.05) is 26.0 Å². The lowest BCUT2D eigenvalue weighted by atomic mass is 9.85. The molecular formula is C40H50N2O9S. The molecule has 11 nitrogen and oxygen atoms in total. The van der Waals surface area contributed by atoms with Crippen LogP contribution in [0, 0.1) is 23.2 Å². The molecule has 1 aromatic heterocycles. The second kappa shape index (κ2) is 14.9. The number of carbonyl (C=O) groups is 4. The van der Waals surface area contributed by atoms with E-state index in [1.165, 1.54) is 0 Å². The monoisotopic (exact) mass is 734 g/mol. The number of fused-ring (bicyclic) bond motifs is 3. The molecule has 0 N–H and O–H groups in total. The Morgan fingerprint density at radius 3 is 2.60 bits per heavy atom. The third-order valence-electron chi connectivity index (χ3n) is 12.2. The van der Waals surface area contributed by atoms with Crippen LogP contribution in [-0.2, 0) is 40.2 Å². The van der Waals surface area contributed by atoms with Crippen molar-refractivity contribution in [3.63, 3.8) is 0 Å². The molecule has 4 bridgehead atoms. The van der Waals surface area contributed by atoms with Crippen molar-refractivity contribution in [3.05, 3.63) is 42.6 Å². The molecule has 3 aliphatic carbocycles. The summed E-state index contributed by atoms with van der Waals surface area (Å²) in [4.78, 5) is 62.2. The van der Waals surface area contributed by atoms with E-state index in [4.69, 9.17) is 14.2 Å². The number of aromatic nitrogens is 1. The van der Waals surface area contributed by atoms with Gasteiger partial charge in [-0.15, -0.1) is 6.58 Å². The number of allylic oxidation sites excluding steroid dienone is 1. The van der Waals surface area contributed by atoms with Gasteiger partial charge in [-0.3, -0.25) is 19.2 Å². The molecular weight excluding hydrogens is 685 g/mol. The van der Waals surface area contributed by atoms with Gasteiger partial charge in [0.2, 0.25) is 11.8 Å². The standard InChI is InChI=1S/C40H50N2O9S/c1-3-28-21-40(28,36(44)24-52(47,48)30-12-13-30)22-34(43)33-19-29-23-42(33)39(46)32(25-9-6-7-10-25)20-37(45)50-16-8-4-5-11-27-17-31-26(18-35(27)49-2)14-15-41-38(31)51-29/h3,14-15,17-18,25,28-30,32-33H,1,4-13,16,19-24H2,2H3/t28-,29-,32+,33+,40-/m1/s1. The van der Waals surface area contributed by atoms with Gasteiger partial charge < -0.3 is 19.1 Å². The fraction of sp³-hybridized carbons (Fsp3) is 0.625. The second-order valence-electron chi connectivity index (χ2n) is 15.6. The number of nitrogens with zero attached hydrogens (tertiary/aromatic N) is 2. The lowest BCUT2D eigenvalue weighted by Gasteiger charge is -2.31. The van der Waals surface area contributed by atoms with Gasteiger partial charge in [0, 0.05) is 29.8 Å². The zero-order chi connectivity index (χ0) is 36.6. The lowest BCUT2D eigenvalue weighted by Crippen LogP contribution is -2.46. The predicted molar refractivity (Wildman–Crippen MR) is 194 cm³/mol. The third-order valence-corrected chi connectivity index (χ3v) is 14.3. The maximum atomic E-state index is 14.7. The Labute approximate surface area is 305 Å². The number of hydrogen-bond acceptors (Lipinski definition) is 10. The van der Waals surface area contributed by atoms with E-state index in [0.717, 1.165) is 67.0 Å². The topological polar surface area (TPSA) is 146 Å². The molecule has 1 aromatic carbocycles. The smallest absolute Gasteiger partial charge is 0.306 e. The number of sulfone groups is 1. The van der Waals surface area contributed by atoms with Gasteiger partial charge in [-0.05, 0) is 98.8 Å². The molecule has 5 atom stereocenters. The highest BCUT2D eigenvalue weighted by molar-refractivity contribution is 7.93. The van der Waals surface area contributed by atoms with Crippen molar-refractivity contribution in [1.82, 2.24) is 9.88 Å². The lowest BCUT2D eigenvalue weighted by molar-refractivity contribution is -0.151. The van der Waals surface area contributed by atoms with Gasteiger partial charge in [-0.2, -0.15) is 0 Å². The molecule has 0 spiro atoms. The minimum atomic E-state index is -3.58. The predicted octanol–water partition coefficient (Wildman–Crippen LogP) is 5.36. The van der Waals surface area contributed by atoms with Crippen LogP contribution in [0.5, 0.6) is 11.6 Å². The van der Waals surface area contributed by atoms with Gasteiger partial charge >= 0.3 is 5.97 Å². The maximum absolute atomic E-state index is 14.7. The fourth-order valence-electron chi connectivity index (χ4n) is 8.90. The normalized spacial score (nSPS) is 28.9. The average molecular weight is 735 g/mol. The van der Waals surface area contributed by atoms with Crippen LogP contribution < -0.4 is 9.47 Å². The quantitative estimate of drug-likeness (QED) is 0.231. The van der Waals surface area contributed by atoms with E-state index >= 15 is 0 Å². The Morgan fingerprint density at radius 2 is 1.88 bits per heavy atom. The van der Waals surface area contributed by atoms with Crippen molar-refractivity contribution in [3.8, 4) is 11.6 Å². The van der Waals surface area contributed by atoms with Crippen LogP contribution in [0.4, 0.5) is 0 Å². The molecule has 1 saturated heterocycles. The van der Waals surface area contributed by atoms with E-state index in [9.17, 15) is 27.6 Å². The Balaban J connectivity index is 1.21. The summed E-state index contributed by atoms with van der Waals surface area (Å²) in [6.45, 7) is 4.24. The number of methoxy groups -OCH3 is 1. The molecule has 0 unspecified atom stereocenters. The summed E-state index contributed by atoms with van der Waals surface area (Å²) >= 11 is 0. The summed E-state index contributed by atoms with van der Waals surface area (Å²) in [6.07, 6.45) is 10.8. The van der Waals surface area contributed by atoms with E-state index in [2.05, 4.69) is 11.6 Å². The summed E-state index contributed by atoms with van der Waals surface area (Å²) < 4.78 is 43.7. The van der Waals surface area contributed by atoms with Crippen molar-refractivity contribution >= 4 is 44.1 Å². The van der Waals surface area contributed by atoms with Crippen LogP contribution >= 0.6 is 0 Å². The summed E-state index contributed by atoms with van der Waals surface area (Å²) in [7, 11) is -1.94. The van der Waals surface area contributed by atoms with Crippen molar-refractivity contribution in [2.24, 2.45) is 23.2 Å². The number of Topliss-reactive ketones (excluding diaryl/α,β-unsaturated/α-hetero) is 2. The number of ketones is 2. The number of benzene rings is 1. The number of hydrogen-bond donors (Lipinski definition) is 0. The molecule has 12 heteroatoms. The molecule has 5 aliphatic rings. The number of amides is 1. The van der Waals surface area contributed by atoms with Crippen molar-refractivity contribution in [1.29, 1.82) is 0 Å². The zero-order valence-electron chi connectivity index (χ0n) is 30.1. The summed E-state index contributed by atoms with van der Waals surface area (Å²) in [5, 5.41) is 1.21. The molecule has 1 amide bonds. The summed E-state index contributed by atoms with van der Waals surface area (Å²) in [6, 6.07) is 4.97. The zero-order valence-corrected chi connectivity index (χ0v) is 30.9. The van der Waals surface area contributed by atoms with Crippen LogP contribution in [0.2, 0.25) is 0 Å². The van der Waals surface area contributed by atoms with Crippen LogP contribution in [0.25, 0.3) is 10.8 Å². The summed E-state index contributed by atoms with van der Waals surface area (Å²) in [5.74, 6) is -1.84. The molecule has 280 valence electrons. The fourth-order valence-corrected chi connectivity index (χ4v) is 10.6. The van der Waals surface area contributed by atoms with Gasteiger partial charge in [0.15, 0.2) is 21.4 Å². The Hall–Kier alpha value is -3.80. The number of rotatable bonds is 10. The van der Waals surface area contributed by atoms with E-state index in [-0.39, 0.29) is 55.9 Å². The first-order chi connectivity index (χ1) is 25.0. The van der Waals surface area contributed by atoms with Crippen molar-refractivity contribution in [2.45, 2.75) is 107 Å². The van der Waals surface area contributed by atoms with Gasteiger partial charge in [0.05, 0.1) is 43.9 Å². The Morgan fingerprint density at radius 1 is 1.10 bits per heavy atom. The van der Waals surface area contributed by atoms with Crippen LogP contribution in [0.15, 0.2) is 37.1 Å². The molecule has 2 aromatic rings. The van der Waals surface area contributed by atoms with Crippen LogP contribution in [0.1, 0.15) is 89.0 Å². The van der Waals surface area contributed by atoms with E-state index in [0.29, 0.717) is 31.6 Å². The minimum Gasteiger partial charge on any atom is -0.496 e. The maximum Gasteiger partial charge on any atom is 0.306 e. The van der Waals surface area contributed by atoms with E-state index in [1.807, 2.05) is 18.2 Å². The molecule has 7 rings (SSSR count). The number of ether oxygens (including phenoxy) is 3. The first-order valence-electron chi connectivity index (χ1n) is 19.0. The Kier molecular flexibility index (Phi) is 10.5. The van der Waals surface area contributed by atoms with Gasteiger partial charge in [0.1, 0.15) is 17.6 Å². The first kappa shape index (κ1) is 36.6. The van der Waals surface area contributed by atoms with E-state index in [1.54, 1.807) is 24.3 Å². The number of aryl methyl sites for hydroxylation is 1. The molecule has 52 heavy (non-hydrogen) atoms.